The zero-order valence-electron chi connectivity index (χ0n) is 4.22. The summed E-state index contributed by atoms with van der Waals surface area (Å²) in [7, 11) is -5.55. The predicted molar refractivity (Wildman–Crippen MR) is 13.7 cm³/mol. The molecule has 0 aliphatic heterocycles. The predicted octanol–water partition coefficient (Wildman–Crippen LogP) is -6.97. The minimum atomic E-state index is -5.55. The summed E-state index contributed by atoms with van der Waals surface area (Å²) in [6, 6.07) is 0. The molecule has 0 spiro atoms. The Kier molecular flexibility index (Phi) is 13.1. The third-order valence-electron chi connectivity index (χ3n) is 0.0945. The standard InChI is InChI=1S/FO4Si.Li.Mg/c1-5-6(2,3)4;;/q-3;+1;+2. The fourth-order valence-electron chi connectivity index (χ4n) is 0. The van der Waals surface area contributed by atoms with Crippen molar-refractivity contribution in [2.45, 2.75) is 0 Å². The Bertz CT molecular complexity index is 45.8. The van der Waals surface area contributed by atoms with E-state index in [9.17, 15) is 4.53 Å². The molecule has 0 rings (SSSR count). The van der Waals surface area contributed by atoms with Crippen molar-refractivity contribution >= 4 is 32.1 Å². The van der Waals surface area contributed by atoms with Crippen LogP contribution < -0.4 is 33.2 Å². The Morgan fingerprint density at radius 1 is 1.25 bits per heavy atom. The van der Waals surface area contributed by atoms with E-state index in [1.54, 1.807) is 0 Å². The average molecular weight is 142 g/mol. The summed E-state index contributed by atoms with van der Waals surface area (Å²) in [5, 5.41) is 0. The van der Waals surface area contributed by atoms with Gasteiger partial charge in [0.25, 0.3) is 0 Å². The van der Waals surface area contributed by atoms with E-state index in [1.807, 2.05) is 4.63 Å². The van der Waals surface area contributed by atoms with Gasteiger partial charge < -0.3 is 19.0 Å². The van der Waals surface area contributed by atoms with Crippen molar-refractivity contribution in [2.75, 3.05) is 0 Å². The van der Waals surface area contributed by atoms with Gasteiger partial charge in [-0.2, -0.15) is 0 Å². The number of hydrogen-bond donors (Lipinski definition) is 0. The Morgan fingerprint density at radius 2 is 1.38 bits per heavy atom. The van der Waals surface area contributed by atoms with Crippen LogP contribution in [0.2, 0.25) is 0 Å². The molecule has 0 aromatic heterocycles. The molecule has 0 fully saturated rings. The van der Waals surface area contributed by atoms with E-state index in [-0.39, 0.29) is 41.9 Å². The van der Waals surface area contributed by atoms with E-state index in [0.29, 0.717) is 0 Å². The van der Waals surface area contributed by atoms with Gasteiger partial charge in [-0.15, -0.1) is 0 Å². The fourth-order valence-corrected chi connectivity index (χ4v) is 0. The monoisotopic (exact) mass is 142 g/mol. The zero-order valence-corrected chi connectivity index (χ0v) is 6.63. The Labute approximate surface area is 74.4 Å². The third-order valence-corrected chi connectivity index (χ3v) is 0.283. The molecule has 38 valence electrons. The van der Waals surface area contributed by atoms with Crippen molar-refractivity contribution in [3.63, 3.8) is 0 Å². The van der Waals surface area contributed by atoms with Crippen molar-refractivity contribution in [3.05, 3.63) is 0 Å². The van der Waals surface area contributed by atoms with E-state index in [0.717, 1.165) is 0 Å². The van der Waals surface area contributed by atoms with Gasteiger partial charge in [-0.1, -0.05) is 13.6 Å². The summed E-state index contributed by atoms with van der Waals surface area (Å²) in [4.78, 5) is 26.7. The SMILES string of the molecule is [Li+].[Mg+2].[O-][Si]([O-])([O-])OF. The van der Waals surface area contributed by atoms with Crippen molar-refractivity contribution in [1.29, 1.82) is 0 Å². The molecule has 4 nitrogen and oxygen atoms in total. The van der Waals surface area contributed by atoms with Crippen molar-refractivity contribution in [2.24, 2.45) is 0 Å². The first-order valence-electron chi connectivity index (χ1n) is 0.971. The van der Waals surface area contributed by atoms with Crippen LogP contribution in [0, 0.1) is 0 Å². The molecule has 0 atom stereocenters. The van der Waals surface area contributed by atoms with Gasteiger partial charge >= 0.3 is 41.9 Å². The van der Waals surface area contributed by atoms with Crippen LogP contribution in [-0.4, -0.2) is 32.1 Å². The van der Waals surface area contributed by atoms with Crippen LogP contribution in [0.4, 0.5) is 4.53 Å². The van der Waals surface area contributed by atoms with Gasteiger partial charge in [0, 0.05) is 0 Å². The quantitative estimate of drug-likeness (QED) is 0.341. The molecule has 0 N–H and O–H groups in total. The second-order valence-electron chi connectivity index (χ2n) is 0.577. The van der Waals surface area contributed by atoms with E-state index in [4.69, 9.17) is 14.4 Å². The van der Waals surface area contributed by atoms with Crippen LogP contribution in [0.1, 0.15) is 0 Å². The van der Waals surface area contributed by atoms with Gasteiger partial charge in [-0.3, -0.25) is 0 Å². The molecule has 0 saturated carbocycles. The molecule has 0 amide bonds. The molecule has 0 aromatic rings. The van der Waals surface area contributed by atoms with Crippen LogP contribution in [0.25, 0.3) is 0 Å². The van der Waals surface area contributed by atoms with Crippen LogP contribution >= 0.6 is 0 Å². The summed E-state index contributed by atoms with van der Waals surface area (Å²) in [5.41, 5.74) is 0. The van der Waals surface area contributed by atoms with Gasteiger partial charge in [0.15, 0.2) is 0 Å². The minimum absolute atomic E-state index is 0. The summed E-state index contributed by atoms with van der Waals surface area (Å²) in [6.45, 7) is 0. The third kappa shape index (κ3) is 15.7. The molecular formula is FLiMgO4Si. The first kappa shape index (κ1) is 16.2. The molecule has 0 aliphatic carbocycles. The molecule has 0 radical (unpaired) electrons. The zero-order chi connectivity index (χ0) is 5.21. The summed E-state index contributed by atoms with van der Waals surface area (Å²) in [6.07, 6.45) is 0. The molecule has 8 heavy (non-hydrogen) atoms. The second kappa shape index (κ2) is 6.47. The van der Waals surface area contributed by atoms with Crippen LogP contribution in [-0.2, 0) is 4.63 Å². The molecule has 0 heterocycles. The van der Waals surface area contributed by atoms with E-state index < -0.39 is 9.05 Å². The van der Waals surface area contributed by atoms with Gasteiger partial charge in [0.1, 0.15) is 0 Å². The smallest absolute Gasteiger partial charge is 0.858 e. The van der Waals surface area contributed by atoms with Gasteiger partial charge in [0.05, 0.1) is 0 Å². The maximum absolute atomic E-state index is 10.1. The van der Waals surface area contributed by atoms with Crippen molar-refractivity contribution in [3.8, 4) is 0 Å². The number of hydrogen-bond acceptors (Lipinski definition) is 4. The number of halogens is 1. The maximum Gasteiger partial charge on any atom is 2.00 e. The Morgan fingerprint density at radius 3 is 1.38 bits per heavy atom. The van der Waals surface area contributed by atoms with E-state index in [2.05, 4.69) is 0 Å². The summed E-state index contributed by atoms with van der Waals surface area (Å²) < 4.78 is 12.0. The van der Waals surface area contributed by atoms with Gasteiger partial charge in [-0.25, -0.2) is 0 Å². The molecule has 0 aromatic carbocycles. The molecule has 0 unspecified atom stereocenters. The maximum atomic E-state index is 10.1. The normalized spacial score (nSPS) is 9.00. The summed E-state index contributed by atoms with van der Waals surface area (Å²) >= 11 is 0. The molecule has 0 saturated heterocycles. The average Bonchev–Trinajstić information content (AvgIpc) is 1.35. The minimum Gasteiger partial charge on any atom is -0.858 e. The van der Waals surface area contributed by atoms with Crippen LogP contribution in [0.3, 0.4) is 0 Å². The van der Waals surface area contributed by atoms with Crippen molar-refractivity contribution < 1.29 is 42.4 Å². The Balaban J connectivity index is -0.000000125. The van der Waals surface area contributed by atoms with Crippen LogP contribution in [0.15, 0.2) is 0 Å². The first-order chi connectivity index (χ1) is 2.56. The second-order valence-corrected chi connectivity index (χ2v) is 1.73. The molecule has 0 aliphatic rings. The van der Waals surface area contributed by atoms with Gasteiger partial charge in [-0.05, 0) is 0 Å². The van der Waals surface area contributed by atoms with E-state index in [1.165, 1.54) is 0 Å². The Hall–Kier alpha value is 1.35. The first-order valence-corrected chi connectivity index (χ1v) is 2.60. The molecular weight excluding hydrogens is 142 g/mol. The molecule has 8 heteroatoms. The van der Waals surface area contributed by atoms with Crippen LogP contribution in [0.5, 0.6) is 0 Å². The largest absolute Gasteiger partial charge is 2.00 e. The van der Waals surface area contributed by atoms with Crippen molar-refractivity contribution in [1.82, 2.24) is 0 Å². The molecule has 0 bridgehead atoms. The number of rotatable bonds is 1. The fraction of sp³-hybridized carbons (Fsp3) is 0. The van der Waals surface area contributed by atoms with Gasteiger partial charge in [0.2, 0.25) is 0 Å². The topological polar surface area (TPSA) is 78.4 Å². The van der Waals surface area contributed by atoms with E-state index >= 15 is 0 Å². The summed E-state index contributed by atoms with van der Waals surface area (Å²) in [5.74, 6) is 0.